The molecule has 0 bridgehead atoms. The largest absolute Gasteiger partial charge is 0.380 e. The third-order valence-electron chi connectivity index (χ3n) is 6.75. The topological polar surface area (TPSA) is 97.0 Å². The highest BCUT2D eigenvalue weighted by Gasteiger charge is 2.21. The highest BCUT2D eigenvalue weighted by atomic mass is 32.2. The van der Waals surface area contributed by atoms with Gasteiger partial charge in [0.1, 0.15) is 5.82 Å². The van der Waals surface area contributed by atoms with E-state index in [1.165, 1.54) is 44.9 Å². The van der Waals surface area contributed by atoms with Gasteiger partial charge in [-0.2, -0.15) is 0 Å². The number of aromatic nitrogens is 3. The first-order valence-electron chi connectivity index (χ1n) is 14.3. The molecule has 0 fully saturated rings. The van der Waals surface area contributed by atoms with Gasteiger partial charge in [-0.05, 0) is 49.4 Å². The number of H-pyrrole nitrogens is 1. The third-order valence-corrected chi connectivity index (χ3v) is 8.28. The summed E-state index contributed by atoms with van der Waals surface area (Å²) in [6, 6.07) is 8.69. The lowest BCUT2D eigenvalue weighted by atomic mass is 10.1. The molecule has 3 aromatic rings. The number of benzene rings is 1. The fourth-order valence-electron chi connectivity index (χ4n) is 4.80. The third kappa shape index (κ3) is 9.79. The number of nitrogens with zero attached hydrogens (tertiary/aromatic N) is 2. The highest BCUT2D eigenvalue weighted by Crippen LogP contribution is 2.19. The number of imidazole rings is 1. The first-order chi connectivity index (χ1) is 18.3. The maximum atomic E-state index is 13.2. The molecule has 0 radical (unpaired) electrons. The molecule has 0 aliphatic carbocycles. The van der Waals surface area contributed by atoms with E-state index in [9.17, 15) is 8.42 Å². The van der Waals surface area contributed by atoms with Crippen LogP contribution in [0, 0.1) is 12.8 Å². The number of rotatable bonds is 18. The number of unbranched alkanes of at least 4 members (excludes halogenated alkanes) is 7. The minimum Gasteiger partial charge on any atom is -0.380 e. The van der Waals surface area contributed by atoms with Gasteiger partial charge in [0, 0.05) is 25.3 Å². The standard InChI is InChI=1S/C30H46N4O3S/c1-5-6-7-8-9-10-11-12-19-37-22-26(20-23(2)3)34-38(35,36)27-15-13-25(14-16-27)21-29-30-28(17-18-31-29)32-24(4)33-30/h13-18,23,26,34H,5-12,19-22H2,1-4H3,(H,32,33)/t26-/m0/s1. The van der Waals surface area contributed by atoms with Crippen LogP contribution in [0.2, 0.25) is 0 Å². The molecule has 8 heteroatoms. The monoisotopic (exact) mass is 542 g/mol. The zero-order valence-electron chi connectivity index (χ0n) is 23.6. The molecule has 0 aliphatic rings. The van der Waals surface area contributed by atoms with Gasteiger partial charge in [-0.25, -0.2) is 18.1 Å². The predicted molar refractivity (Wildman–Crippen MR) is 155 cm³/mol. The number of fused-ring (bicyclic) bond motifs is 1. The molecule has 2 aromatic heterocycles. The van der Waals surface area contributed by atoms with Crippen molar-refractivity contribution >= 4 is 21.1 Å². The quantitative estimate of drug-likeness (QED) is 0.174. The van der Waals surface area contributed by atoms with Crippen LogP contribution in [-0.4, -0.2) is 42.6 Å². The van der Waals surface area contributed by atoms with Gasteiger partial charge in [-0.3, -0.25) is 4.98 Å². The van der Waals surface area contributed by atoms with Crippen molar-refractivity contribution in [3.05, 3.63) is 53.6 Å². The van der Waals surface area contributed by atoms with Gasteiger partial charge in [0.15, 0.2) is 0 Å². The van der Waals surface area contributed by atoms with Crippen LogP contribution >= 0.6 is 0 Å². The van der Waals surface area contributed by atoms with Crippen molar-refractivity contribution in [3.8, 4) is 0 Å². The number of pyridine rings is 1. The molecule has 0 unspecified atom stereocenters. The minimum atomic E-state index is -3.65. The van der Waals surface area contributed by atoms with E-state index in [4.69, 9.17) is 4.74 Å². The molecule has 0 saturated heterocycles. The molecule has 7 nitrogen and oxygen atoms in total. The first-order valence-corrected chi connectivity index (χ1v) is 15.8. The van der Waals surface area contributed by atoms with Gasteiger partial charge in [-0.1, -0.05) is 77.8 Å². The Morgan fingerprint density at radius 1 is 0.974 bits per heavy atom. The molecule has 0 aliphatic heterocycles. The number of aromatic amines is 1. The van der Waals surface area contributed by atoms with Crippen molar-refractivity contribution in [2.45, 2.75) is 103 Å². The van der Waals surface area contributed by atoms with E-state index in [1.54, 1.807) is 18.3 Å². The molecular formula is C30H46N4O3S. The molecule has 1 aromatic carbocycles. The van der Waals surface area contributed by atoms with E-state index in [0.717, 1.165) is 41.0 Å². The van der Waals surface area contributed by atoms with Crippen LogP contribution < -0.4 is 4.72 Å². The Hall–Kier alpha value is -2.29. The number of sulfonamides is 1. The summed E-state index contributed by atoms with van der Waals surface area (Å²) in [6.45, 7) is 9.44. The van der Waals surface area contributed by atoms with Crippen molar-refractivity contribution in [2.75, 3.05) is 13.2 Å². The van der Waals surface area contributed by atoms with Gasteiger partial charge < -0.3 is 9.72 Å². The van der Waals surface area contributed by atoms with Gasteiger partial charge in [0.2, 0.25) is 10.0 Å². The molecule has 210 valence electrons. The van der Waals surface area contributed by atoms with Gasteiger partial charge in [0.05, 0.1) is 28.2 Å². The summed E-state index contributed by atoms with van der Waals surface area (Å²) in [5.74, 6) is 1.21. The Morgan fingerprint density at radius 3 is 2.34 bits per heavy atom. The second-order valence-electron chi connectivity index (χ2n) is 10.8. The Balaban J connectivity index is 1.50. The second-order valence-corrected chi connectivity index (χ2v) is 12.5. The maximum Gasteiger partial charge on any atom is 0.240 e. The van der Waals surface area contributed by atoms with Crippen LogP contribution in [0.3, 0.4) is 0 Å². The summed E-state index contributed by atoms with van der Waals surface area (Å²) in [6.07, 6.45) is 13.1. The number of hydrogen-bond acceptors (Lipinski definition) is 5. The van der Waals surface area contributed by atoms with E-state index >= 15 is 0 Å². The summed E-state index contributed by atoms with van der Waals surface area (Å²) >= 11 is 0. The Labute approximate surface area is 229 Å². The predicted octanol–water partition coefficient (Wildman–Crippen LogP) is 6.71. The molecule has 2 N–H and O–H groups in total. The van der Waals surface area contributed by atoms with E-state index in [1.807, 2.05) is 25.1 Å². The first kappa shape index (κ1) is 30.3. The molecule has 38 heavy (non-hydrogen) atoms. The van der Waals surface area contributed by atoms with Gasteiger partial charge in [-0.15, -0.1) is 0 Å². The Morgan fingerprint density at radius 2 is 1.66 bits per heavy atom. The molecular weight excluding hydrogens is 496 g/mol. The van der Waals surface area contributed by atoms with Crippen LogP contribution in [0.1, 0.15) is 95.6 Å². The van der Waals surface area contributed by atoms with E-state index in [0.29, 0.717) is 25.6 Å². The van der Waals surface area contributed by atoms with Crippen molar-refractivity contribution in [1.82, 2.24) is 19.7 Å². The number of hydrogen-bond donors (Lipinski definition) is 2. The lowest BCUT2D eigenvalue weighted by Crippen LogP contribution is -2.39. The SMILES string of the molecule is CCCCCCCCCCOC[C@H](CC(C)C)NS(=O)(=O)c1ccc(Cc2nccc3nc(C)[nH]c23)cc1. The smallest absolute Gasteiger partial charge is 0.240 e. The van der Waals surface area contributed by atoms with Crippen LogP contribution in [0.15, 0.2) is 41.4 Å². The molecule has 0 spiro atoms. The molecule has 0 amide bonds. The fraction of sp³-hybridized carbons (Fsp3) is 0.600. The summed E-state index contributed by atoms with van der Waals surface area (Å²) in [5.41, 5.74) is 3.69. The average molecular weight is 543 g/mol. The van der Waals surface area contributed by atoms with Gasteiger partial charge in [0.25, 0.3) is 0 Å². The van der Waals surface area contributed by atoms with E-state index in [-0.39, 0.29) is 10.9 Å². The summed E-state index contributed by atoms with van der Waals surface area (Å²) < 4.78 is 35.1. The van der Waals surface area contributed by atoms with Crippen molar-refractivity contribution in [2.24, 2.45) is 5.92 Å². The van der Waals surface area contributed by atoms with E-state index in [2.05, 4.69) is 40.4 Å². The van der Waals surface area contributed by atoms with Gasteiger partial charge >= 0.3 is 0 Å². The average Bonchev–Trinajstić information content (AvgIpc) is 3.26. The second kappa shape index (κ2) is 15.3. The molecule has 3 rings (SSSR count). The van der Waals surface area contributed by atoms with Crippen molar-refractivity contribution in [3.63, 3.8) is 0 Å². The van der Waals surface area contributed by atoms with Crippen LogP contribution in [0.4, 0.5) is 0 Å². The van der Waals surface area contributed by atoms with E-state index < -0.39 is 10.0 Å². The summed E-state index contributed by atoms with van der Waals surface area (Å²) in [4.78, 5) is 12.5. The molecule has 1 atom stereocenters. The van der Waals surface area contributed by atoms with Crippen LogP contribution in [0.5, 0.6) is 0 Å². The summed E-state index contributed by atoms with van der Waals surface area (Å²) in [7, 11) is -3.65. The minimum absolute atomic E-state index is 0.251. The highest BCUT2D eigenvalue weighted by molar-refractivity contribution is 7.89. The zero-order valence-corrected chi connectivity index (χ0v) is 24.4. The number of ether oxygens (including phenoxy) is 1. The number of nitrogens with one attached hydrogen (secondary N) is 2. The Kier molecular flexibility index (Phi) is 12.2. The zero-order chi connectivity index (χ0) is 27.4. The lowest BCUT2D eigenvalue weighted by molar-refractivity contribution is 0.107. The fourth-order valence-corrected chi connectivity index (χ4v) is 6.03. The van der Waals surface area contributed by atoms with Crippen molar-refractivity contribution in [1.29, 1.82) is 0 Å². The van der Waals surface area contributed by atoms with Crippen LogP contribution in [-0.2, 0) is 21.2 Å². The maximum absolute atomic E-state index is 13.2. The molecule has 2 heterocycles. The molecule has 0 saturated carbocycles. The van der Waals surface area contributed by atoms with Crippen molar-refractivity contribution < 1.29 is 13.2 Å². The Bertz CT molecular complexity index is 1210. The lowest BCUT2D eigenvalue weighted by Gasteiger charge is -2.21. The number of aryl methyl sites for hydroxylation is 1. The summed E-state index contributed by atoms with van der Waals surface area (Å²) in [5, 5.41) is 0. The normalized spacial score (nSPS) is 13.0. The van der Waals surface area contributed by atoms with Crippen LogP contribution in [0.25, 0.3) is 11.0 Å².